The number of nitrogens with zero attached hydrogens (tertiary/aromatic N) is 1. The highest BCUT2D eigenvalue weighted by atomic mass is 14.9. The van der Waals surface area contributed by atoms with Gasteiger partial charge < -0.3 is 5.32 Å². The monoisotopic (exact) mass is 252 g/mol. The number of rotatable bonds is 3. The van der Waals surface area contributed by atoms with Crippen LogP contribution >= 0.6 is 0 Å². The Hall–Kier alpha value is -1.83. The Bertz CT molecular complexity index is 495. The fraction of sp³-hybridized carbons (Fsp3) is 0.353. The van der Waals surface area contributed by atoms with Crippen LogP contribution in [0.5, 0.6) is 0 Å². The van der Waals surface area contributed by atoms with E-state index in [9.17, 15) is 0 Å². The number of nitrogens with one attached hydrogen (secondary N) is 1. The van der Waals surface area contributed by atoms with Gasteiger partial charge in [0.05, 0.1) is 5.69 Å². The maximum atomic E-state index is 4.19. The second-order valence-electron chi connectivity index (χ2n) is 5.29. The van der Waals surface area contributed by atoms with E-state index in [-0.39, 0.29) is 0 Å². The molecular weight excluding hydrogens is 232 g/mol. The maximum absolute atomic E-state index is 4.19. The molecule has 2 nitrogen and oxygen atoms in total. The Balaban J connectivity index is 1.78. The molecule has 1 heterocycles. The molecule has 0 radical (unpaired) electrons. The van der Waals surface area contributed by atoms with Gasteiger partial charge in [-0.15, -0.1) is 0 Å². The van der Waals surface area contributed by atoms with Crippen LogP contribution in [-0.2, 0) is 0 Å². The normalized spacial score (nSPS) is 22.9. The summed E-state index contributed by atoms with van der Waals surface area (Å²) in [4.78, 5) is 4.19. The van der Waals surface area contributed by atoms with Gasteiger partial charge in [0.1, 0.15) is 0 Å². The first kappa shape index (κ1) is 12.2. The largest absolute Gasteiger partial charge is 0.380 e. The predicted molar refractivity (Wildman–Crippen MR) is 79.3 cm³/mol. The number of aromatic nitrogens is 1. The van der Waals surface area contributed by atoms with Crippen molar-refractivity contribution in [2.24, 2.45) is 0 Å². The van der Waals surface area contributed by atoms with Crippen molar-refractivity contribution in [1.82, 2.24) is 4.98 Å². The quantitative estimate of drug-likeness (QED) is 0.884. The Morgan fingerprint density at radius 2 is 1.79 bits per heavy atom. The minimum absolute atomic E-state index is 0.528. The topological polar surface area (TPSA) is 24.9 Å². The van der Waals surface area contributed by atoms with Crippen LogP contribution in [0.15, 0.2) is 54.9 Å². The van der Waals surface area contributed by atoms with Crippen LogP contribution < -0.4 is 5.32 Å². The molecule has 1 aromatic carbocycles. The zero-order valence-electron chi connectivity index (χ0n) is 11.1. The fourth-order valence-corrected chi connectivity index (χ4v) is 3.07. The molecule has 98 valence electrons. The standard InChI is InChI=1S/C17H20N2/c1-2-7-14(8-3-1)16-10-4-5-11-17(16)19-15-9-6-12-18-13-15/h1-3,6-9,12-13,16-17,19H,4-5,10-11H2. The summed E-state index contributed by atoms with van der Waals surface area (Å²) in [7, 11) is 0. The molecule has 2 unspecified atom stereocenters. The Morgan fingerprint density at radius 3 is 2.58 bits per heavy atom. The third kappa shape index (κ3) is 2.95. The molecular formula is C17H20N2. The van der Waals surface area contributed by atoms with E-state index >= 15 is 0 Å². The molecule has 2 aromatic rings. The van der Waals surface area contributed by atoms with Crippen molar-refractivity contribution in [2.45, 2.75) is 37.6 Å². The minimum Gasteiger partial charge on any atom is -0.380 e. The summed E-state index contributed by atoms with van der Waals surface area (Å²) < 4.78 is 0. The van der Waals surface area contributed by atoms with Crippen molar-refractivity contribution in [1.29, 1.82) is 0 Å². The lowest BCUT2D eigenvalue weighted by Crippen LogP contribution is -2.30. The van der Waals surface area contributed by atoms with Crippen LogP contribution in [0.2, 0.25) is 0 Å². The minimum atomic E-state index is 0.528. The molecule has 1 saturated carbocycles. The van der Waals surface area contributed by atoms with E-state index in [0.29, 0.717) is 12.0 Å². The van der Waals surface area contributed by atoms with Crippen LogP contribution in [0.4, 0.5) is 5.69 Å². The molecule has 1 fully saturated rings. The van der Waals surface area contributed by atoms with Crippen LogP contribution in [0.25, 0.3) is 0 Å². The van der Waals surface area contributed by atoms with Gasteiger partial charge in [0.15, 0.2) is 0 Å². The first-order valence-corrected chi connectivity index (χ1v) is 7.15. The SMILES string of the molecule is c1ccc(C2CCCCC2Nc2cccnc2)cc1. The average Bonchev–Trinajstić information content (AvgIpc) is 2.50. The lowest BCUT2D eigenvalue weighted by atomic mass is 9.80. The van der Waals surface area contributed by atoms with Gasteiger partial charge >= 0.3 is 0 Å². The van der Waals surface area contributed by atoms with Gasteiger partial charge in [0.2, 0.25) is 0 Å². The summed E-state index contributed by atoms with van der Waals surface area (Å²) in [5, 5.41) is 3.67. The molecule has 0 spiro atoms. The number of hydrogen-bond donors (Lipinski definition) is 1. The van der Waals surface area contributed by atoms with E-state index in [1.165, 1.54) is 31.2 Å². The number of hydrogen-bond acceptors (Lipinski definition) is 2. The smallest absolute Gasteiger partial charge is 0.0529 e. The zero-order valence-corrected chi connectivity index (χ0v) is 11.1. The molecule has 1 aliphatic carbocycles. The molecule has 0 aliphatic heterocycles. The lowest BCUT2D eigenvalue weighted by Gasteiger charge is -2.33. The first-order chi connectivity index (χ1) is 9.43. The Kier molecular flexibility index (Phi) is 3.78. The third-order valence-electron chi connectivity index (χ3n) is 4.01. The van der Waals surface area contributed by atoms with Crippen molar-refractivity contribution >= 4 is 5.69 Å². The molecule has 2 heteroatoms. The van der Waals surface area contributed by atoms with E-state index < -0.39 is 0 Å². The van der Waals surface area contributed by atoms with Gasteiger partial charge in [0.25, 0.3) is 0 Å². The first-order valence-electron chi connectivity index (χ1n) is 7.15. The van der Waals surface area contributed by atoms with Gasteiger partial charge in [0, 0.05) is 24.4 Å². The van der Waals surface area contributed by atoms with E-state index in [1.54, 1.807) is 0 Å². The van der Waals surface area contributed by atoms with Crippen LogP contribution in [-0.4, -0.2) is 11.0 Å². The van der Waals surface area contributed by atoms with Gasteiger partial charge in [-0.25, -0.2) is 0 Å². The zero-order chi connectivity index (χ0) is 12.9. The molecule has 1 N–H and O–H groups in total. The van der Waals surface area contributed by atoms with Crippen molar-refractivity contribution in [3.05, 3.63) is 60.4 Å². The average molecular weight is 252 g/mol. The maximum Gasteiger partial charge on any atom is 0.0529 e. The van der Waals surface area contributed by atoms with Gasteiger partial charge in [-0.2, -0.15) is 0 Å². The van der Waals surface area contributed by atoms with E-state index in [0.717, 1.165) is 5.69 Å². The van der Waals surface area contributed by atoms with Crippen molar-refractivity contribution < 1.29 is 0 Å². The predicted octanol–water partition coefficient (Wildman–Crippen LogP) is 4.22. The highest BCUT2D eigenvalue weighted by Crippen LogP contribution is 2.34. The Morgan fingerprint density at radius 1 is 0.947 bits per heavy atom. The summed E-state index contributed by atoms with van der Waals surface area (Å²) in [5.74, 6) is 0.621. The van der Waals surface area contributed by atoms with Crippen molar-refractivity contribution in [3.63, 3.8) is 0 Å². The molecule has 0 saturated heterocycles. The van der Waals surface area contributed by atoms with Gasteiger partial charge in [-0.1, -0.05) is 43.2 Å². The second kappa shape index (κ2) is 5.87. The molecule has 3 rings (SSSR count). The number of anilines is 1. The molecule has 0 bridgehead atoms. The number of pyridine rings is 1. The van der Waals surface area contributed by atoms with Crippen LogP contribution in [0, 0.1) is 0 Å². The third-order valence-corrected chi connectivity index (χ3v) is 4.01. The molecule has 2 atom stereocenters. The summed E-state index contributed by atoms with van der Waals surface area (Å²) in [6.45, 7) is 0. The van der Waals surface area contributed by atoms with Crippen molar-refractivity contribution in [2.75, 3.05) is 5.32 Å². The van der Waals surface area contributed by atoms with E-state index in [4.69, 9.17) is 0 Å². The second-order valence-corrected chi connectivity index (χ2v) is 5.29. The van der Waals surface area contributed by atoms with Crippen LogP contribution in [0.1, 0.15) is 37.2 Å². The highest BCUT2D eigenvalue weighted by molar-refractivity contribution is 5.42. The summed E-state index contributed by atoms with van der Waals surface area (Å²) in [6.07, 6.45) is 8.92. The fourth-order valence-electron chi connectivity index (χ4n) is 3.07. The van der Waals surface area contributed by atoms with Crippen molar-refractivity contribution in [3.8, 4) is 0 Å². The molecule has 0 amide bonds. The summed E-state index contributed by atoms with van der Waals surface area (Å²) in [6, 6.07) is 15.5. The summed E-state index contributed by atoms with van der Waals surface area (Å²) in [5.41, 5.74) is 2.60. The molecule has 1 aromatic heterocycles. The Labute approximate surface area is 114 Å². The van der Waals surface area contributed by atoms with E-state index in [1.807, 2.05) is 18.5 Å². The molecule has 1 aliphatic rings. The van der Waals surface area contributed by atoms with E-state index in [2.05, 4.69) is 46.7 Å². The molecule has 19 heavy (non-hydrogen) atoms. The van der Waals surface area contributed by atoms with Crippen LogP contribution in [0.3, 0.4) is 0 Å². The number of benzene rings is 1. The highest BCUT2D eigenvalue weighted by Gasteiger charge is 2.26. The summed E-state index contributed by atoms with van der Waals surface area (Å²) >= 11 is 0. The van der Waals surface area contributed by atoms with Gasteiger partial charge in [-0.05, 0) is 30.5 Å². The van der Waals surface area contributed by atoms with Gasteiger partial charge in [-0.3, -0.25) is 4.98 Å². The lowest BCUT2D eigenvalue weighted by molar-refractivity contribution is 0.405.